The number of amides is 1. The molecule has 2 heterocycles. The normalized spacial score (nSPS) is 17.7. The zero-order valence-electron chi connectivity index (χ0n) is 20.6. The van der Waals surface area contributed by atoms with E-state index in [9.17, 15) is 4.79 Å². The van der Waals surface area contributed by atoms with Crippen LogP contribution in [0.2, 0.25) is 0 Å². The number of anilines is 1. The van der Waals surface area contributed by atoms with E-state index in [-0.39, 0.29) is 18.0 Å². The number of ether oxygens (including phenoxy) is 1. The summed E-state index contributed by atoms with van der Waals surface area (Å²) < 4.78 is 7.94. The fraction of sp³-hybridized carbons (Fsp3) is 0.357. The van der Waals surface area contributed by atoms with E-state index in [0.717, 1.165) is 72.3 Å². The highest BCUT2D eigenvalue weighted by molar-refractivity contribution is 5.98. The largest absolute Gasteiger partial charge is 0.457 e. The second-order valence-electron chi connectivity index (χ2n) is 9.37. The van der Waals surface area contributed by atoms with Crippen LogP contribution in [0, 0.1) is 0 Å². The maximum absolute atomic E-state index is 12.2. The zero-order chi connectivity index (χ0) is 24.9. The van der Waals surface area contributed by atoms with E-state index in [0.29, 0.717) is 12.2 Å². The van der Waals surface area contributed by atoms with Crippen LogP contribution in [-0.2, 0) is 4.79 Å². The standard InChI is InChI=1S/C28H32N6O2/c1-2-3-9-24(35)32-20-12-14-21(15-13-20)34-28-25(27(29)30-18-31-28)26(33-34)19-10-16-23(17-11-19)36-22-7-5-4-6-8-22/h4-8,10-11,16-18,20-21H,2-3,9,12-15H2,1H3,(H,32,35)(H2,29,30,31). The molecule has 0 radical (unpaired) electrons. The van der Waals surface area contributed by atoms with Gasteiger partial charge in [-0.05, 0) is 68.5 Å². The van der Waals surface area contributed by atoms with Gasteiger partial charge in [-0.25, -0.2) is 14.6 Å². The monoisotopic (exact) mass is 484 g/mol. The molecule has 3 N–H and O–H groups in total. The van der Waals surface area contributed by atoms with Crippen molar-refractivity contribution in [3.63, 3.8) is 0 Å². The van der Waals surface area contributed by atoms with Gasteiger partial charge < -0.3 is 15.8 Å². The summed E-state index contributed by atoms with van der Waals surface area (Å²) in [6.07, 6.45) is 7.75. The molecule has 2 aromatic heterocycles. The molecule has 1 amide bonds. The molecule has 8 heteroatoms. The maximum atomic E-state index is 12.2. The van der Waals surface area contributed by atoms with E-state index in [1.807, 2.05) is 59.3 Å². The van der Waals surface area contributed by atoms with Crippen molar-refractivity contribution in [2.45, 2.75) is 64.0 Å². The number of nitrogens with zero attached hydrogens (tertiary/aromatic N) is 4. The molecule has 1 aliphatic rings. The SMILES string of the molecule is CCCCC(=O)NC1CCC(n2nc(-c3ccc(Oc4ccccc4)cc3)c3c(N)ncnc32)CC1. The van der Waals surface area contributed by atoms with Crippen molar-refractivity contribution in [1.29, 1.82) is 0 Å². The van der Waals surface area contributed by atoms with E-state index in [4.69, 9.17) is 15.6 Å². The smallest absolute Gasteiger partial charge is 0.220 e. The number of carbonyl (C=O) groups excluding carboxylic acids is 1. The first-order chi connectivity index (χ1) is 17.6. The van der Waals surface area contributed by atoms with Crippen LogP contribution >= 0.6 is 0 Å². The number of nitrogens with two attached hydrogens (primary N) is 1. The Morgan fingerprint density at radius 2 is 1.75 bits per heavy atom. The number of benzene rings is 2. The third-order valence-electron chi connectivity index (χ3n) is 6.79. The first-order valence-corrected chi connectivity index (χ1v) is 12.7. The minimum atomic E-state index is 0.160. The Morgan fingerprint density at radius 3 is 2.47 bits per heavy atom. The van der Waals surface area contributed by atoms with Crippen molar-refractivity contribution >= 4 is 22.8 Å². The molecule has 0 atom stereocenters. The topological polar surface area (TPSA) is 108 Å². The Kier molecular flexibility index (Phi) is 7.11. The average Bonchev–Trinajstić information content (AvgIpc) is 3.30. The Morgan fingerprint density at radius 1 is 1.03 bits per heavy atom. The van der Waals surface area contributed by atoms with Crippen molar-refractivity contribution < 1.29 is 9.53 Å². The minimum absolute atomic E-state index is 0.160. The molecule has 0 aliphatic heterocycles. The quantitative estimate of drug-likeness (QED) is 0.334. The van der Waals surface area contributed by atoms with Crippen LogP contribution in [0.4, 0.5) is 5.82 Å². The lowest BCUT2D eigenvalue weighted by atomic mass is 9.91. The molecule has 5 rings (SSSR count). The van der Waals surface area contributed by atoms with Crippen LogP contribution in [-0.4, -0.2) is 31.7 Å². The van der Waals surface area contributed by atoms with Crippen LogP contribution in [0.1, 0.15) is 57.9 Å². The predicted molar refractivity (Wildman–Crippen MR) is 141 cm³/mol. The number of hydrogen-bond donors (Lipinski definition) is 2. The van der Waals surface area contributed by atoms with Gasteiger partial charge in [0.15, 0.2) is 5.65 Å². The predicted octanol–water partition coefficient (Wildman–Crippen LogP) is 5.66. The molecule has 0 unspecified atom stereocenters. The zero-order valence-corrected chi connectivity index (χ0v) is 20.6. The molecule has 1 saturated carbocycles. The van der Waals surface area contributed by atoms with Gasteiger partial charge >= 0.3 is 0 Å². The van der Waals surface area contributed by atoms with Crippen LogP contribution in [0.25, 0.3) is 22.3 Å². The summed E-state index contributed by atoms with van der Waals surface area (Å²) in [5.41, 5.74) is 8.75. The highest BCUT2D eigenvalue weighted by atomic mass is 16.5. The highest BCUT2D eigenvalue weighted by Crippen LogP contribution is 2.36. The van der Waals surface area contributed by atoms with Crippen molar-refractivity contribution in [2.24, 2.45) is 0 Å². The summed E-state index contributed by atoms with van der Waals surface area (Å²) in [7, 11) is 0. The second kappa shape index (κ2) is 10.8. The number of para-hydroxylation sites is 1. The number of carbonyl (C=O) groups is 1. The highest BCUT2D eigenvalue weighted by Gasteiger charge is 2.27. The fourth-order valence-electron chi connectivity index (χ4n) is 4.86. The third kappa shape index (κ3) is 5.17. The van der Waals surface area contributed by atoms with Crippen molar-refractivity contribution in [3.8, 4) is 22.8 Å². The Labute approximate surface area is 210 Å². The number of nitrogen functional groups attached to an aromatic ring is 1. The molecule has 2 aromatic carbocycles. The number of fused-ring (bicyclic) bond motifs is 1. The lowest BCUT2D eigenvalue weighted by molar-refractivity contribution is -0.122. The third-order valence-corrected chi connectivity index (χ3v) is 6.79. The molecule has 1 aliphatic carbocycles. The molecule has 8 nitrogen and oxygen atoms in total. The van der Waals surface area contributed by atoms with Gasteiger partial charge in [0.1, 0.15) is 29.3 Å². The summed E-state index contributed by atoms with van der Waals surface area (Å²) in [6.45, 7) is 2.10. The molecule has 36 heavy (non-hydrogen) atoms. The van der Waals surface area contributed by atoms with Gasteiger partial charge in [-0.1, -0.05) is 31.5 Å². The van der Waals surface area contributed by atoms with E-state index in [2.05, 4.69) is 22.2 Å². The number of aromatic nitrogens is 4. The number of hydrogen-bond acceptors (Lipinski definition) is 6. The Bertz CT molecular complexity index is 1310. The summed E-state index contributed by atoms with van der Waals surface area (Å²) >= 11 is 0. The average molecular weight is 485 g/mol. The van der Waals surface area contributed by atoms with Crippen LogP contribution < -0.4 is 15.8 Å². The summed E-state index contributed by atoms with van der Waals surface area (Å²) in [4.78, 5) is 20.9. The molecule has 0 bridgehead atoms. The number of nitrogens with one attached hydrogen (secondary N) is 1. The van der Waals surface area contributed by atoms with Crippen molar-refractivity contribution in [1.82, 2.24) is 25.1 Å². The van der Waals surface area contributed by atoms with Gasteiger partial charge in [-0.3, -0.25) is 4.79 Å². The summed E-state index contributed by atoms with van der Waals surface area (Å²) in [5.74, 6) is 2.11. The summed E-state index contributed by atoms with van der Waals surface area (Å²) in [5, 5.41) is 8.96. The van der Waals surface area contributed by atoms with Crippen LogP contribution in [0.15, 0.2) is 60.9 Å². The first kappa shape index (κ1) is 23.8. The lowest BCUT2D eigenvalue weighted by Gasteiger charge is -2.29. The van der Waals surface area contributed by atoms with E-state index >= 15 is 0 Å². The van der Waals surface area contributed by atoms with Gasteiger partial charge in [0.2, 0.25) is 5.91 Å². The van der Waals surface area contributed by atoms with Gasteiger partial charge in [-0.15, -0.1) is 0 Å². The van der Waals surface area contributed by atoms with E-state index in [1.165, 1.54) is 6.33 Å². The van der Waals surface area contributed by atoms with Gasteiger partial charge in [-0.2, -0.15) is 5.10 Å². The Balaban J connectivity index is 1.35. The first-order valence-electron chi connectivity index (χ1n) is 12.7. The van der Waals surface area contributed by atoms with E-state index in [1.54, 1.807) is 0 Å². The number of unbranched alkanes of at least 4 members (excludes halogenated alkanes) is 1. The molecule has 0 spiro atoms. The Hall–Kier alpha value is -3.94. The number of rotatable bonds is 8. The van der Waals surface area contributed by atoms with E-state index < -0.39 is 0 Å². The summed E-state index contributed by atoms with van der Waals surface area (Å²) in [6, 6.07) is 17.9. The van der Waals surface area contributed by atoms with Crippen molar-refractivity contribution in [2.75, 3.05) is 5.73 Å². The molecular weight excluding hydrogens is 452 g/mol. The molecular formula is C28H32N6O2. The maximum Gasteiger partial charge on any atom is 0.220 e. The van der Waals surface area contributed by atoms with Gasteiger partial charge in [0.25, 0.3) is 0 Å². The second-order valence-corrected chi connectivity index (χ2v) is 9.37. The van der Waals surface area contributed by atoms with Crippen LogP contribution in [0.5, 0.6) is 11.5 Å². The molecule has 0 saturated heterocycles. The van der Waals surface area contributed by atoms with Crippen LogP contribution in [0.3, 0.4) is 0 Å². The van der Waals surface area contributed by atoms with Gasteiger partial charge in [0.05, 0.1) is 11.4 Å². The van der Waals surface area contributed by atoms with Crippen molar-refractivity contribution in [3.05, 3.63) is 60.9 Å². The molecule has 186 valence electrons. The lowest BCUT2D eigenvalue weighted by Crippen LogP contribution is -2.38. The molecule has 1 fully saturated rings. The fourth-order valence-corrected chi connectivity index (χ4v) is 4.86. The molecule has 4 aromatic rings. The van der Waals surface area contributed by atoms with Gasteiger partial charge in [0, 0.05) is 18.0 Å². The minimum Gasteiger partial charge on any atom is -0.457 e.